The number of amides is 1. The molecule has 6 aromatic rings. The van der Waals surface area contributed by atoms with Gasteiger partial charge in [0.1, 0.15) is 22.5 Å². The van der Waals surface area contributed by atoms with Crippen molar-refractivity contribution in [2.24, 2.45) is 5.92 Å². The molecule has 0 aliphatic rings. The fourth-order valence-corrected chi connectivity index (χ4v) is 4.06. The van der Waals surface area contributed by atoms with Crippen LogP contribution in [0.25, 0.3) is 56.1 Å². The van der Waals surface area contributed by atoms with Crippen LogP contribution in [0.3, 0.4) is 0 Å². The van der Waals surface area contributed by atoms with Gasteiger partial charge in [-0.2, -0.15) is 5.10 Å². The maximum absolute atomic E-state index is 14.5. The van der Waals surface area contributed by atoms with E-state index in [1.165, 1.54) is 6.07 Å². The largest absolute Gasteiger partial charge is 0.336 e. The molecule has 6 rings (SSSR count). The van der Waals surface area contributed by atoms with Gasteiger partial charge in [-0.05, 0) is 36.4 Å². The average molecular weight is 493 g/mol. The van der Waals surface area contributed by atoms with Crippen molar-refractivity contribution in [3.05, 3.63) is 72.9 Å². The number of hydrogen-bond donors (Lipinski definition) is 3. The molecule has 0 spiro atoms. The Kier molecular flexibility index (Phi) is 5.41. The molecule has 0 bridgehead atoms. The van der Waals surface area contributed by atoms with E-state index >= 15 is 0 Å². The average Bonchev–Trinajstić information content (AvgIpc) is 3.53. The van der Waals surface area contributed by atoms with E-state index in [1.54, 1.807) is 42.9 Å². The van der Waals surface area contributed by atoms with Crippen LogP contribution >= 0.6 is 0 Å². The molecule has 9 nitrogen and oxygen atoms in total. The molecule has 0 saturated heterocycles. The molecule has 0 aliphatic heterocycles. The maximum Gasteiger partial charge on any atom is 0.226 e. The van der Waals surface area contributed by atoms with E-state index in [4.69, 9.17) is 9.97 Å². The van der Waals surface area contributed by atoms with Crippen molar-refractivity contribution in [2.45, 2.75) is 13.8 Å². The molecule has 5 heterocycles. The molecule has 0 saturated carbocycles. The van der Waals surface area contributed by atoms with Gasteiger partial charge in [0.15, 0.2) is 11.5 Å². The zero-order valence-corrected chi connectivity index (χ0v) is 20.0. The lowest BCUT2D eigenvalue weighted by Gasteiger charge is -2.08. The van der Waals surface area contributed by atoms with E-state index < -0.39 is 0 Å². The van der Waals surface area contributed by atoms with E-state index in [1.807, 2.05) is 32.0 Å². The van der Waals surface area contributed by atoms with E-state index in [0.717, 1.165) is 11.1 Å². The molecular weight excluding hydrogens is 471 g/mol. The van der Waals surface area contributed by atoms with Crippen LogP contribution in [-0.4, -0.2) is 41.0 Å². The smallest absolute Gasteiger partial charge is 0.226 e. The molecule has 0 fully saturated rings. The fourth-order valence-electron chi connectivity index (χ4n) is 4.06. The van der Waals surface area contributed by atoms with Gasteiger partial charge in [0, 0.05) is 29.4 Å². The number of carbonyl (C=O) groups is 1. The summed E-state index contributed by atoms with van der Waals surface area (Å²) in [5.74, 6) is -0.130. The highest BCUT2D eigenvalue weighted by molar-refractivity contribution is 5.95. The zero-order chi connectivity index (χ0) is 25.5. The van der Waals surface area contributed by atoms with E-state index in [9.17, 15) is 9.18 Å². The van der Waals surface area contributed by atoms with Crippen molar-refractivity contribution in [1.82, 2.24) is 35.1 Å². The third-order valence-corrected chi connectivity index (χ3v) is 5.99. The van der Waals surface area contributed by atoms with Crippen LogP contribution in [0.1, 0.15) is 13.8 Å². The highest BCUT2D eigenvalue weighted by Crippen LogP contribution is 2.31. The van der Waals surface area contributed by atoms with E-state index in [2.05, 4.69) is 30.5 Å². The number of nitrogens with zero attached hydrogens (tertiary/aromatic N) is 5. The SMILES string of the molecule is CC(C)C(=O)Nc1cncc(-c2ccc3[nH]nc(-c4nc5c(-c6ccccc6F)nccc5[nH]4)c3n2)c1. The Morgan fingerprint density at radius 2 is 1.81 bits per heavy atom. The van der Waals surface area contributed by atoms with Crippen molar-refractivity contribution in [2.75, 3.05) is 5.32 Å². The molecule has 37 heavy (non-hydrogen) atoms. The van der Waals surface area contributed by atoms with Gasteiger partial charge >= 0.3 is 0 Å². The summed E-state index contributed by atoms with van der Waals surface area (Å²) in [4.78, 5) is 33.6. The summed E-state index contributed by atoms with van der Waals surface area (Å²) in [6, 6.07) is 13.8. The number of nitrogens with one attached hydrogen (secondary N) is 3. The Labute approximate surface area is 210 Å². The summed E-state index contributed by atoms with van der Waals surface area (Å²) in [5.41, 5.74) is 5.90. The van der Waals surface area contributed by atoms with Gasteiger partial charge in [-0.25, -0.2) is 14.4 Å². The molecule has 0 radical (unpaired) electrons. The van der Waals surface area contributed by atoms with Crippen LogP contribution in [0.2, 0.25) is 0 Å². The first kappa shape index (κ1) is 22.5. The summed E-state index contributed by atoms with van der Waals surface area (Å²) in [5, 5.41) is 10.3. The van der Waals surface area contributed by atoms with Gasteiger partial charge in [-0.15, -0.1) is 0 Å². The first-order valence-electron chi connectivity index (χ1n) is 11.7. The number of benzene rings is 1. The van der Waals surface area contributed by atoms with Gasteiger partial charge < -0.3 is 10.3 Å². The summed E-state index contributed by atoms with van der Waals surface area (Å²) >= 11 is 0. The first-order chi connectivity index (χ1) is 18.0. The van der Waals surface area contributed by atoms with Crippen LogP contribution in [0.4, 0.5) is 10.1 Å². The molecule has 3 N–H and O–H groups in total. The van der Waals surface area contributed by atoms with Gasteiger partial charge in [-0.1, -0.05) is 26.0 Å². The normalized spacial score (nSPS) is 11.5. The number of hydrogen-bond acceptors (Lipinski definition) is 6. The van der Waals surface area contributed by atoms with Crippen LogP contribution in [0.5, 0.6) is 0 Å². The van der Waals surface area contributed by atoms with Gasteiger partial charge in [0.2, 0.25) is 5.91 Å². The number of aromatic amines is 2. The highest BCUT2D eigenvalue weighted by Gasteiger charge is 2.18. The summed E-state index contributed by atoms with van der Waals surface area (Å²) < 4.78 is 14.5. The topological polar surface area (TPSA) is 125 Å². The van der Waals surface area contributed by atoms with Crippen molar-refractivity contribution < 1.29 is 9.18 Å². The third-order valence-electron chi connectivity index (χ3n) is 5.99. The molecule has 182 valence electrons. The molecular formula is C27H21FN8O. The van der Waals surface area contributed by atoms with Crippen LogP contribution in [0.15, 0.2) is 67.1 Å². The minimum atomic E-state index is -0.371. The van der Waals surface area contributed by atoms with E-state index in [-0.39, 0.29) is 17.6 Å². The number of fused-ring (bicyclic) bond motifs is 2. The molecule has 5 aromatic heterocycles. The number of pyridine rings is 3. The lowest BCUT2D eigenvalue weighted by Crippen LogP contribution is -2.17. The number of aromatic nitrogens is 7. The van der Waals surface area contributed by atoms with Gasteiger partial charge in [-0.3, -0.25) is 19.9 Å². The first-order valence-corrected chi connectivity index (χ1v) is 11.7. The Morgan fingerprint density at radius 3 is 2.65 bits per heavy atom. The number of anilines is 1. The molecule has 0 unspecified atom stereocenters. The van der Waals surface area contributed by atoms with Crippen molar-refractivity contribution in [1.29, 1.82) is 0 Å². The highest BCUT2D eigenvalue weighted by atomic mass is 19.1. The molecule has 10 heteroatoms. The quantitative estimate of drug-likeness (QED) is 0.298. The lowest BCUT2D eigenvalue weighted by molar-refractivity contribution is -0.118. The second kappa shape index (κ2) is 8.90. The monoisotopic (exact) mass is 492 g/mol. The summed E-state index contributed by atoms with van der Waals surface area (Å²) in [6.07, 6.45) is 4.90. The van der Waals surface area contributed by atoms with Crippen LogP contribution in [-0.2, 0) is 4.79 Å². The van der Waals surface area contributed by atoms with E-state index in [0.29, 0.717) is 50.7 Å². The number of rotatable bonds is 5. The third kappa shape index (κ3) is 4.08. The van der Waals surface area contributed by atoms with Crippen LogP contribution in [0, 0.1) is 11.7 Å². The van der Waals surface area contributed by atoms with Gasteiger partial charge in [0.05, 0.1) is 28.6 Å². The molecule has 0 aliphatic carbocycles. The Bertz CT molecular complexity index is 1790. The molecule has 1 aromatic carbocycles. The standard InChI is InChI=1S/C27H21FN8O/c1-14(2)27(37)31-16-11-15(12-29-13-16)19-7-8-21-24(32-19)25(36-35-21)26-33-20-9-10-30-22(23(20)34-26)17-5-3-4-6-18(17)28/h3-14H,1-2H3,(H,31,37)(H,33,34)(H,35,36). The lowest BCUT2D eigenvalue weighted by atomic mass is 10.1. The number of imidazole rings is 1. The Balaban J connectivity index is 1.42. The Hall–Kier alpha value is -4.99. The van der Waals surface area contributed by atoms with Gasteiger partial charge in [0.25, 0.3) is 0 Å². The number of halogens is 1. The predicted octanol–water partition coefficient (Wildman–Crippen LogP) is 5.36. The zero-order valence-electron chi connectivity index (χ0n) is 20.0. The predicted molar refractivity (Wildman–Crippen MR) is 139 cm³/mol. The van der Waals surface area contributed by atoms with Crippen molar-refractivity contribution >= 4 is 33.7 Å². The minimum absolute atomic E-state index is 0.0892. The number of carbonyl (C=O) groups excluding carboxylic acids is 1. The van der Waals surface area contributed by atoms with Crippen molar-refractivity contribution in [3.63, 3.8) is 0 Å². The van der Waals surface area contributed by atoms with Crippen molar-refractivity contribution in [3.8, 4) is 34.0 Å². The second-order valence-electron chi connectivity index (χ2n) is 8.89. The second-order valence-corrected chi connectivity index (χ2v) is 8.89. The number of H-pyrrole nitrogens is 2. The maximum atomic E-state index is 14.5. The fraction of sp³-hybridized carbons (Fsp3) is 0.111. The van der Waals surface area contributed by atoms with Crippen LogP contribution < -0.4 is 5.32 Å². The molecule has 1 amide bonds. The molecule has 0 atom stereocenters. The Morgan fingerprint density at radius 1 is 0.973 bits per heavy atom. The minimum Gasteiger partial charge on any atom is -0.336 e. The summed E-state index contributed by atoms with van der Waals surface area (Å²) in [7, 11) is 0. The summed E-state index contributed by atoms with van der Waals surface area (Å²) in [6.45, 7) is 3.66.